The molecule has 0 aliphatic heterocycles. The van der Waals surface area contributed by atoms with Gasteiger partial charge in [0.1, 0.15) is 0 Å². The van der Waals surface area contributed by atoms with Crippen LogP contribution in [0.3, 0.4) is 0 Å². The fourth-order valence-electron chi connectivity index (χ4n) is 1.92. The number of amides is 2. The maximum atomic E-state index is 12.0. The van der Waals surface area contributed by atoms with E-state index in [9.17, 15) is 9.59 Å². The molecule has 21 heavy (non-hydrogen) atoms. The van der Waals surface area contributed by atoms with Crippen LogP contribution < -0.4 is 10.2 Å². The lowest BCUT2D eigenvalue weighted by Crippen LogP contribution is -2.37. The summed E-state index contributed by atoms with van der Waals surface area (Å²) in [5, 5.41) is 11.6. The molecule has 0 aliphatic carbocycles. The molecule has 1 rings (SSSR count). The molecule has 2 N–H and O–H groups in total. The average molecular weight is 292 g/mol. The van der Waals surface area contributed by atoms with Gasteiger partial charge in [-0.1, -0.05) is 26.0 Å². The minimum Gasteiger partial charge on any atom is -0.481 e. The van der Waals surface area contributed by atoms with Crippen LogP contribution in [0.25, 0.3) is 0 Å². The number of carboxylic acid groups (broad SMARTS) is 1. The van der Waals surface area contributed by atoms with Crippen molar-refractivity contribution in [2.75, 3.05) is 18.5 Å². The Labute approximate surface area is 126 Å². The predicted octanol–water partition coefficient (Wildman–Crippen LogP) is 2.90. The number of nitrogens with zero attached hydrogens (tertiary/aromatic N) is 1. The molecular formula is C16H24N2O3. The maximum Gasteiger partial charge on any atom is 0.321 e. The second-order valence-corrected chi connectivity index (χ2v) is 5.19. The Morgan fingerprint density at radius 3 is 2.43 bits per heavy atom. The van der Waals surface area contributed by atoms with Gasteiger partial charge in [-0.3, -0.25) is 9.69 Å². The van der Waals surface area contributed by atoms with Gasteiger partial charge in [-0.05, 0) is 37.0 Å². The van der Waals surface area contributed by atoms with Crippen LogP contribution in [0.1, 0.15) is 32.3 Å². The number of hydrogen-bond acceptors (Lipinski definition) is 2. The number of aryl methyl sites for hydroxylation is 1. The number of carbonyl (C=O) groups is 2. The van der Waals surface area contributed by atoms with Crippen molar-refractivity contribution >= 4 is 17.7 Å². The van der Waals surface area contributed by atoms with Crippen LogP contribution in [0.4, 0.5) is 10.5 Å². The van der Waals surface area contributed by atoms with Crippen LogP contribution in [0.5, 0.6) is 0 Å². The summed E-state index contributed by atoms with van der Waals surface area (Å²) in [6, 6.07) is 7.68. The summed E-state index contributed by atoms with van der Waals surface area (Å²) in [5.41, 5.74) is 2.07. The summed E-state index contributed by atoms with van der Waals surface area (Å²) in [4.78, 5) is 24.2. The third-order valence-corrected chi connectivity index (χ3v) is 3.55. The summed E-state index contributed by atoms with van der Waals surface area (Å²) < 4.78 is 0. The van der Waals surface area contributed by atoms with Gasteiger partial charge in [0.15, 0.2) is 0 Å². The van der Waals surface area contributed by atoms with E-state index >= 15 is 0 Å². The minimum atomic E-state index is -0.797. The number of aliphatic carboxylic acids is 1. The van der Waals surface area contributed by atoms with Crippen LogP contribution in [0.2, 0.25) is 0 Å². The van der Waals surface area contributed by atoms with E-state index in [2.05, 4.69) is 12.2 Å². The highest BCUT2D eigenvalue weighted by Gasteiger charge is 2.12. The molecule has 0 radical (unpaired) electrons. The van der Waals surface area contributed by atoms with Gasteiger partial charge in [-0.15, -0.1) is 0 Å². The summed E-state index contributed by atoms with van der Waals surface area (Å²) >= 11 is 0. The number of rotatable bonds is 7. The molecule has 0 heterocycles. The zero-order chi connectivity index (χ0) is 15.8. The molecule has 1 atom stereocenters. The number of hydrogen-bond donors (Lipinski definition) is 2. The Bertz CT molecular complexity index is 471. The van der Waals surface area contributed by atoms with Crippen molar-refractivity contribution in [3.8, 4) is 0 Å². The molecule has 0 saturated carbocycles. The number of urea groups is 1. The van der Waals surface area contributed by atoms with Gasteiger partial charge in [-0.25, -0.2) is 4.79 Å². The second kappa shape index (κ2) is 8.29. The van der Waals surface area contributed by atoms with Crippen molar-refractivity contribution in [1.29, 1.82) is 0 Å². The van der Waals surface area contributed by atoms with E-state index in [4.69, 9.17) is 5.11 Å². The van der Waals surface area contributed by atoms with Crippen LogP contribution in [-0.4, -0.2) is 30.7 Å². The van der Waals surface area contributed by atoms with E-state index in [1.54, 1.807) is 18.9 Å². The Kier molecular flexibility index (Phi) is 6.72. The Morgan fingerprint density at radius 1 is 1.29 bits per heavy atom. The number of nitrogens with one attached hydrogen (secondary N) is 1. The van der Waals surface area contributed by atoms with Crippen molar-refractivity contribution in [3.63, 3.8) is 0 Å². The van der Waals surface area contributed by atoms with Crippen molar-refractivity contribution in [2.45, 2.75) is 33.1 Å². The largest absolute Gasteiger partial charge is 0.481 e. The third kappa shape index (κ3) is 5.45. The van der Waals surface area contributed by atoms with E-state index in [-0.39, 0.29) is 11.9 Å². The first kappa shape index (κ1) is 17.0. The van der Waals surface area contributed by atoms with Gasteiger partial charge in [0.25, 0.3) is 0 Å². The number of carboxylic acids is 1. The molecule has 0 aromatic heterocycles. The first-order valence-corrected chi connectivity index (χ1v) is 7.29. The lowest BCUT2D eigenvalue weighted by atomic mass is 10.1. The topological polar surface area (TPSA) is 69.6 Å². The maximum absolute atomic E-state index is 12.0. The fraction of sp³-hybridized carbons (Fsp3) is 0.500. The van der Waals surface area contributed by atoms with Gasteiger partial charge in [0.2, 0.25) is 0 Å². The highest BCUT2D eigenvalue weighted by Crippen LogP contribution is 2.14. The van der Waals surface area contributed by atoms with Crippen LogP contribution in [-0.2, 0) is 11.2 Å². The van der Waals surface area contributed by atoms with Crippen molar-refractivity contribution in [2.24, 2.45) is 5.92 Å². The van der Waals surface area contributed by atoms with E-state index in [1.807, 2.05) is 24.3 Å². The van der Waals surface area contributed by atoms with Crippen LogP contribution in [0, 0.1) is 5.92 Å². The fourth-order valence-corrected chi connectivity index (χ4v) is 1.92. The first-order chi connectivity index (χ1) is 9.95. The molecule has 0 spiro atoms. The van der Waals surface area contributed by atoms with Gasteiger partial charge >= 0.3 is 12.0 Å². The van der Waals surface area contributed by atoms with Gasteiger partial charge in [0.05, 0.1) is 5.92 Å². The molecule has 0 fully saturated rings. The first-order valence-electron chi connectivity index (χ1n) is 7.29. The zero-order valence-corrected chi connectivity index (χ0v) is 12.9. The Balaban J connectivity index is 2.38. The number of anilines is 1. The quantitative estimate of drug-likeness (QED) is 0.759. The lowest BCUT2D eigenvalue weighted by molar-refractivity contribution is -0.141. The Hall–Kier alpha value is -2.04. The Morgan fingerprint density at radius 2 is 1.90 bits per heavy atom. The van der Waals surface area contributed by atoms with E-state index in [1.165, 1.54) is 5.56 Å². The predicted molar refractivity (Wildman–Crippen MR) is 83.7 cm³/mol. The molecule has 1 unspecified atom stereocenters. The molecule has 1 aromatic rings. The minimum absolute atomic E-state index is 0.178. The van der Waals surface area contributed by atoms with Gasteiger partial charge in [0, 0.05) is 19.3 Å². The third-order valence-electron chi connectivity index (χ3n) is 3.55. The normalized spacial score (nSPS) is 11.8. The summed E-state index contributed by atoms with van der Waals surface area (Å²) in [6.45, 7) is 4.24. The van der Waals surface area contributed by atoms with E-state index in [0.717, 1.165) is 12.1 Å². The molecule has 5 heteroatoms. The molecule has 116 valence electrons. The summed E-state index contributed by atoms with van der Waals surface area (Å²) in [7, 11) is 1.72. The monoisotopic (exact) mass is 292 g/mol. The summed E-state index contributed by atoms with van der Waals surface area (Å²) in [5.74, 6) is -1.17. The average Bonchev–Trinajstić information content (AvgIpc) is 2.50. The number of benzene rings is 1. The lowest BCUT2D eigenvalue weighted by Gasteiger charge is -2.18. The molecule has 0 aliphatic rings. The van der Waals surface area contributed by atoms with Gasteiger partial charge < -0.3 is 10.4 Å². The van der Waals surface area contributed by atoms with Gasteiger partial charge in [-0.2, -0.15) is 0 Å². The van der Waals surface area contributed by atoms with Crippen LogP contribution >= 0.6 is 0 Å². The molecule has 0 bridgehead atoms. The van der Waals surface area contributed by atoms with Crippen molar-refractivity contribution in [3.05, 3.63) is 29.8 Å². The second-order valence-electron chi connectivity index (χ2n) is 5.19. The molecule has 0 saturated heterocycles. The van der Waals surface area contributed by atoms with Crippen LogP contribution in [0.15, 0.2) is 24.3 Å². The smallest absolute Gasteiger partial charge is 0.321 e. The molecule has 1 aromatic carbocycles. The van der Waals surface area contributed by atoms with Crippen molar-refractivity contribution < 1.29 is 14.7 Å². The highest BCUT2D eigenvalue weighted by molar-refractivity contribution is 5.91. The SMILES string of the molecule is CCc1ccc(N(C)C(=O)NCCCC(C)C(=O)O)cc1. The molecule has 5 nitrogen and oxygen atoms in total. The van der Waals surface area contributed by atoms with E-state index in [0.29, 0.717) is 19.4 Å². The molecule has 2 amide bonds. The zero-order valence-electron chi connectivity index (χ0n) is 12.9. The number of carbonyl (C=O) groups excluding carboxylic acids is 1. The highest BCUT2D eigenvalue weighted by atomic mass is 16.4. The summed E-state index contributed by atoms with van der Waals surface area (Å²) in [6.07, 6.45) is 2.18. The molecular weight excluding hydrogens is 268 g/mol. The van der Waals surface area contributed by atoms with Crippen molar-refractivity contribution in [1.82, 2.24) is 5.32 Å². The standard InChI is InChI=1S/C16H24N2O3/c1-4-13-7-9-14(10-8-13)18(3)16(21)17-11-5-6-12(2)15(19)20/h7-10,12H,4-6,11H2,1-3H3,(H,17,21)(H,19,20). The van der Waals surface area contributed by atoms with E-state index < -0.39 is 5.97 Å².